The second-order valence-electron chi connectivity index (χ2n) is 6.56. The summed E-state index contributed by atoms with van der Waals surface area (Å²) in [6.07, 6.45) is 2.98. The van der Waals surface area contributed by atoms with Crippen molar-refractivity contribution in [1.82, 2.24) is 9.97 Å². The third-order valence-corrected chi connectivity index (χ3v) is 5.42. The second-order valence-corrected chi connectivity index (χ2v) is 7.35. The number of hydrogen-bond donors (Lipinski definition) is 2. The van der Waals surface area contributed by atoms with E-state index in [1.807, 2.05) is 0 Å². The van der Waals surface area contributed by atoms with Gasteiger partial charge < -0.3 is 20.5 Å². The molecule has 0 unspecified atom stereocenters. The number of rotatable bonds is 5. The largest absolute Gasteiger partial charge is 0.493 e. The molecular formula is C19H17Cl2FN4O2. The van der Waals surface area contributed by atoms with Gasteiger partial charge in [0, 0.05) is 17.5 Å². The van der Waals surface area contributed by atoms with Crippen LogP contribution >= 0.6 is 23.2 Å². The highest BCUT2D eigenvalue weighted by atomic mass is 35.5. The van der Waals surface area contributed by atoms with Gasteiger partial charge in [-0.15, -0.1) is 0 Å². The van der Waals surface area contributed by atoms with Crippen LogP contribution in [-0.4, -0.2) is 29.2 Å². The lowest BCUT2D eigenvalue weighted by Crippen LogP contribution is -2.43. The number of nitrogens with two attached hydrogens (primary N) is 1. The number of anilines is 2. The molecule has 4 rings (SSSR count). The van der Waals surface area contributed by atoms with Crippen molar-refractivity contribution < 1.29 is 13.9 Å². The van der Waals surface area contributed by atoms with E-state index >= 15 is 0 Å². The number of ether oxygens (including phenoxy) is 2. The summed E-state index contributed by atoms with van der Waals surface area (Å²) in [5.41, 5.74) is 6.60. The Hall–Kier alpha value is -2.35. The lowest BCUT2D eigenvalue weighted by atomic mass is 9.90. The lowest BCUT2D eigenvalue weighted by molar-refractivity contribution is 0.0975. The van der Waals surface area contributed by atoms with Crippen molar-refractivity contribution in [2.45, 2.75) is 25.0 Å². The standard InChI is InChI=1S/C19H17Cl2FN4O2/c1-27-15-7-14-11(6-16(15)28-10-4-9(23)5-10)19(25-8-24-14)26-13-3-2-12(20)17(21)18(13)22/h2-3,6-10H,4-5,23H2,1H3,(H,24,25,26). The van der Waals surface area contributed by atoms with Gasteiger partial charge in [0.25, 0.3) is 0 Å². The predicted octanol–water partition coefficient (Wildman–Crippen LogP) is 4.70. The third kappa shape index (κ3) is 3.53. The topological polar surface area (TPSA) is 82.3 Å². The van der Waals surface area contributed by atoms with Crippen LogP contribution in [0.25, 0.3) is 10.9 Å². The first kappa shape index (κ1) is 19.0. The van der Waals surface area contributed by atoms with E-state index in [1.165, 1.54) is 18.5 Å². The van der Waals surface area contributed by atoms with Gasteiger partial charge in [-0.25, -0.2) is 14.4 Å². The van der Waals surface area contributed by atoms with Crippen molar-refractivity contribution in [3.05, 3.63) is 46.5 Å². The summed E-state index contributed by atoms with van der Waals surface area (Å²) in [5.74, 6) is 0.854. The van der Waals surface area contributed by atoms with E-state index in [4.69, 9.17) is 38.4 Å². The normalized spacial score (nSPS) is 18.6. The molecule has 6 nitrogen and oxygen atoms in total. The lowest BCUT2D eigenvalue weighted by Gasteiger charge is -2.33. The van der Waals surface area contributed by atoms with Crippen LogP contribution in [0, 0.1) is 5.82 Å². The van der Waals surface area contributed by atoms with Crippen molar-refractivity contribution in [2.75, 3.05) is 12.4 Å². The van der Waals surface area contributed by atoms with Crippen LogP contribution in [0.15, 0.2) is 30.6 Å². The molecule has 1 aliphatic carbocycles. The predicted molar refractivity (Wildman–Crippen MR) is 107 cm³/mol. The van der Waals surface area contributed by atoms with Gasteiger partial charge in [0.05, 0.1) is 28.4 Å². The fourth-order valence-electron chi connectivity index (χ4n) is 3.05. The van der Waals surface area contributed by atoms with Crippen LogP contribution in [0.3, 0.4) is 0 Å². The number of aromatic nitrogens is 2. The summed E-state index contributed by atoms with van der Waals surface area (Å²) >= 11 is 11.7. The van der Waals surface area contributed by atoms with Crippen molar-refractivity contribution in [2.24, 2.45) is 5.73 Å². The van der Waals surface area contributed by atoms with Gasteiger partial charge in [-0.1, -0.05) is 23.2 Å². The van der Waals surface area contributed by atoms with Gasteiger partial charge in [0.1, 0.15) is 18.2 Å². The minimum Gasteiger partial charge on any atom is -0.493 e. The first-order chi connectivity index (χ1) is 13.5. The van der Waals surface area contributed by atoms with E-state index in [1.54, 1.807) is 19.2 Å². The van der Waals surface area contributed by atoms with Crippen LogP contribution in [0.5, 0.6) is 11.5 Å². The van der Waals surface area contributed by atoms with Crippen molar-refractivity contribution >= 4 is 45.6 Å². The molecule has 3 aromatic rings. The Morgan fingerprint density at radius 2 is 1.96 bits per heavy atom. The summed E-state index contributed by atoms with van der Waals surface area (Å²) in [6.45, 7) is 0. The maximum Gasteiger partial charge on any atom is 0.166 e. The van der Waals surface area contributed by atoms with E-state index < -0.39 is 5.82 Å². The summed E-state index contributed by atoms with van der Waals surface area (Å²) in [7, 11) is 1.56. The Kier molecular flexibility index (Phi) is 5.14. The summed E-state index contributed by atoms with van der Waals surface area (Å²) < 4.78 is 25.9. The van der Waals surface area contributed by atoms with Crippen molar-refractivity contribution in [3.63, 3.8) is 0 Å². The molecule has 0 spiro atoms. The van der Waals surface area contributed by atoms with Crippen molar-refractivity contribution in [3.8, 4) is 11.5 Å². The fraction of sp³-hybridized carbons (Fsp3) is 0.263. The highest BCUT2D eigenvalue weighted by Gasteiger charge is 2.28. The molecule has 1 saturated carbocycles. The molecule has 1 heterocycles. The number of benzene rings is 2. The summed E-state index contributed by atoms with van der Waals surface area (Å²) in [4.78, 5) is 8.50. The average Bonchev–Trinajstić information content (AvgIpc) is 2.67. The van der Waals surface area contributed by atoms with Crippen LogP contribution < -0.4 is 20.5 Å². The number of halogens is 3. The molecule has 1 aromatic heterocycles. The third-order valence-electron chi connectivity index (χ3n) is 4.63. The maximum atomic E-state index is 14.4. The number of hydrogen-bond acceptors (Lipinski definition) is 6. The Labute approximate surface area is 170 Å². The SMILES string of the molecule is COc1cc2ncnc(Nc3ccc(Cl)c(Cl)c3F)c2cc1OC1CC(N)C1. The smallest absolute Gasteiger partial charge is 0.166 e. The first-order valence-corrected chi connectivity index (χ1v) is 9.37. The van der Waals surface area contributed by atoms with Gasteiger partial charge in [0.15, 0.2) is 17.3 Å². The molecule has 9 heteroatoms. The molecule has 0 amide bonds. The minimum atomic E-state index is -0.658. The molecule has 0 aliphatic heterocycles. The molecule has 3 N–H and O–H groups in total. The van der Waals surface area contributed by atoms with E-state index in [0.29, 0.717) is 28.2 Å². The van der Waals surface area contributed by atoms with Gasteiger partial charge in [-0.05, 0) is 31.0 Å². The Bertz CT molecular complexity index is 1040. The second kappa shape index (κ2) is 7.58. The molecule has 146 valence electrons. The fourth-order valence-corrected chi connectivity index (χ4v) is 3.36. The highest BCUT2D eigenvalue weighted by Crippen LogP contribution is 2.38. The Morgan fingerprint density at radius 1 is 1.18 bits per heavy atom. The summed E-state index contributed by atoms with van der Waals surface area (Å²) in [6, 6.07) is 6.69. The highest BCUT2D eigenvalue weighted by molar-refractivity contribution is 6.42. The summed E-state index contributed by atoms with van der Waals surface area (Å²) in [5, 5.41) is 3.58. The van der Waals surface area contributed by atoms with Crippen LogP contribution in [0.4, 0.5) is 15.9 Å². The zero-order valence-electron chi connectivity index (χ0n) is 14.9. The first-order valence-electron chi connectivity index (χ1n) is 8.61. The van der Waals surface area contributed by atoms with Crippen LogP contribution in [0.1, 0.15) is 12.8 Å². The minimum absolute atomic E-state index is 0.0370. The zero-order valence-corrected chi connectivity index (χ0v) is 16.4. The molecule has 1 aliphatic rings. The molecule has 2 aromatic carbocycles. The molecule has 28 heavy (non-hydrogen) atoms. The van der Waals surface area contributed by atoms with Gasteiger partial charge >= 0.3 is 0 Å². The molecule has 1 fully saturated rings. The molecular weight excluding hydrogens is 406 g/mol. The monoisotopic (exact) mass is 422 g/mol. The molecule has 0 saturated heterocycles. The van der Waals surface area contributed by atoms with Gasteiger partial charge in [-0.2, -0.15) is 0 Å². The quantitative estimate of drug-likeness (QED) is 0.580. The van der Waals surface area contributed by atoms with Crippen LogP contribution in [-0.2, 0) is 0 Å². The van der Waals surface area contributed by atoms with Crippen molar-refractivity contribution in [1.29, 1.82) is 0 Å². The van der Waals surface area contributed by atoms with E-state index in [-0.39, 0.29) is 27.9 Å². The van der Waals surface area contributed by atoms with Crippen LogP contribution in [0.2, 0.25) is 10.0 Å². The average molecular weight is 423 g/mol. The number of methoxy groups -OCH3 is 1. The maximum absolute atomic E-state index is 14.4. The molecule has 0 radical (unpaired) electrons. The number of nitrogens with zero attached hydrogens (tertiary/aromatic N) is 2. The number of fused-ring (bicyclic) bond motifs is 1. The Balaban J connectivity index is 1.73. The van der Waals surface area contributed by atoms with E-state index in [0.717, 1.165) is 12.8 Å². The van der Waals surface area contributed by atoms with E-state index in [2.05, 4.69) is 15.3 Å². The van der Waals surface area contributed by atoms with Gasteiger partial charge in [0.2, 0.25) is 0 Å². The molecule has 0 atom stereocenters. The Morgan fingerprint density at radius 3 is 2.68 bits per heavy atom. The van der Waals surface area contributed by atoms with E-state index in [9.17, 15) is 4.39 Å². The zero-order chi connectivity index (χ0) is 19.8. The number of nitrogens with one attached hydrogen (secondary N) is 1. The molecule has 0 bridgehead atoms. The van der Waals surface area contributed by atoms with Gasteiger partial charge in [-0.3, -0.25) is 0 Å².